The molecule has 0 atom stereocenters. The Morgan fingerprint density at radius 1 is 0.786 bits per heavy atom. The fourth-order valence-electron chi connectivity index (χ4n) is 4.83. The van der Waals surface area contributed by atoms with E-state index in [4.69, 9.17) is 34.2 Å². The van der Waals surface area contributed by atoms with E-state index in [9.17, 15) is 10.1 Å². The smallest absolute Gasteiger partial charge is 0.271 e. The molecule has 0 amide bonds. The third-order valence-corrected chi connectivity index (χ3v) is 6.47. The molecule has 0 saturated carbocycles. The van der Waals surface area contributed by atoms with Crippen molar-refractivity contribution in [3.63, 3.8) is 0 Å². The fraction of sp³-hybridized carbons (Fsp3) is 0.417. The van der Waals surface area contributed by atoms with Crippen LogP contribution >= 0.6 is 0 Å². The second-order valence-electron chi connectivity index (χ2n) is 9.39. The Balaban J connectivity index is 0.000000169. The number of non-ortho nitro benzene ring substituents is 1. The monoisotopic (exact) mass is 584 g/mol. The van der Waals surface area contributed by atoms with E-state index in [2.05, 4.69) is 31.1 Å². The Labute approximate surface area is 238 Å². The normalized spacial score (nSPS) is 15.0. The highest BCUT2D eigenvalue weighted by Gasteiger charge is 2.46. The number of methoxy groups -OCH3 is 4. The van der Waals surface area contributed by atoms with Gasteiger partial charge in [-0.3, -0.25) is 10.1 Å². The summed E-state index contributed by atoms with van der Waals surface area (Å²) in [5.74, 6) is 1.94. The predicted molar refractivity (Wildman–Crippen MR) is 141 cm³/mol. The van der Waals surface area contributed by atoms with Gasteiger partial charge in [0.15, 0.2) is 0 Å². The maximum Gasteiger partial charge on any atom is 0.271 e. The van der Waals surface area contributed by atoms with Crippen molar-refractivity contribution >= 4 is 11.4 Å². The average molecular weight is 585 g/mol. The minimum atomic E-state index is -1.02. The number of nitrogens with zero attached hydrogens (tertiary/aromatic N) is 9. The van der Waals surface area contributed by atoms with Gasteiger partial charge in [0.25, 0.3) is 5.69 Å². The van der Waals surface area contributed by atoms with Crippen molar-refractivity contribution in [2.24, 2.45) is 0 Å². The minimum Gasteiger partial charge on any atom is -0.472 e. The largest absolute Gasteiger partial charge is 0.472 e. The molecule has 4 aromatic rings. The first-order valence-corrected chi connectivity index (χ1v) is 12.4. The average Bonchev–Trinajstić information content (AvgIpc) is 3.67. The Morgan fingerprint density at radius 3 is 1.69 bits per heavy atom. The summed E-state index contributed by atoms with van der Waals surface area (Å²) in [6, 6.07) is 9.54. The molecule has 18 nitrogen and oxygen atoms in total. The number of fused-ring (bicyclic) bond motifs is 6. The van der Waals surface area contributed by atoms with Gasteiger partial charge in [-0.15, -0.1) is 10.2 Å². The lowest BCUT2D eigenvalue weighted by molar-refractivity contribution is -0.384. The molecule has 2 aliphatic rings. The molecule has 2 aromatic heterocycles. The predicted octanol–water partition coefficient (Wildman–Crippen LogP) is 0.576. The summed E-state index contributed by atoms with van der Waals surface area (Å²) < 4.78 is 36.0. The second kappa shape index (κ2) is 11.6. The zero-order chi connectivity index (χ0) is 29.9. The maximum absolute atomic E-state index is 10.9. The summed E-state index contributed by atoms with van der Waals surface area (Å²) in [6.45, 7) is 0.866. The number of nitrogen functional groups attached to an aromatic ring is 1. The van der Waals surface area contributed by atoms with Crippen LogP contribution in [0.2, 0.25) is 0 Å². The van der Waals surface area contributed by atoms with E-state index in [0.717, 1.165) is 0 Å². The van der Waals surface area contributed by atoms with Crippen LogP contribution in [0.4, 0.5) is 11.4 Å². The standard InChI is InChI=1S/C12H13N5O5.C12H15N5O3/c1-20-6-12(7-21-2)11-13-14-15-16(11)9-5-8(17(18)19)3-4-10(9)22-12;1-18-6-12(7-19-2)11-14-15-16-17(11)9-5-8(13)3-4-10(9)20-12/h3-5H,6-7H2,1-2H3;3-5H,6-7,13H2,1-2H3. The lowest BCUT2D eigenvalue weighted by Gasteiger charge is -2.35. The number of hydrogen-bond acceptors (Lipinski definition) is 15. The lowest BCUT2D eigenvalue weighted by Crippen LogP contribution is -2.47. The molecule has 0 saturated heterocycles. The molecule has 0 bridgehead atoms. The van der Waals surface area contributed by atoms with Crippen LogP contribution in [-0.2, 0) is 30.1 Å². The summed E-state index contributed by atoms with van der Waals surface area (Å²) in [5.41, 5.74) is 5.55. The van der Waals surface area contributed by atoms with Crippen molar-refractivity contribution in [1.82, 2.24) is 40.4 Å². The van der Waals surface area contributed by atoms with Gasteiger partial charge in [0.1, 0.15) is 22.9 Å². The van der Waals surface area contributed by atoms with Crippen LogP contribution in [0.25, 0.3) is 11.4 Å². The third kappa shape index (κ3) is 4.96. The van der Waals surface area contributed by atoms with Crippen molar-refractivity contribution in [1.29, 1.82) is 0 Å². The van der Waals surface area contributed by atoms with Crippen LogP contribution in [0.1, 0.15) is 11.6 Å². The fourth-order valence-corrected chi connectivity index (χ4v) is 4.83. The molecule has 0 unspecified atom stereocenters. The Hall–Kier alpha value is -4.78. The van der Waals surface area contributed by atoms with E-state index >= 15 is 0 Å². The van der Waals surface area contributed by atoms with Gasteiger partial charge in [-0.25, -0.2) is 0 Å². The number of anilines is 1. The summed E-state index contributed by atoms with van der Waals surface area (Å²) in [7, 11) is 6.24. The molecular formula is C24H28N10O8. The molecule has 0 fully saturated rings. The van der Waals surface area contributed by atoms with Crippen molar-refractivity contribution < 1.29 is 33.3 Å². The first kappa shape index (κ1) is 28.7. The molecule has 18 heteroatoms. The highest BCUT2D eigenvalue weighted by Crippen LogP contribution is 2.40. The van der Waals surface area contributed by atoms with Crippen LogP contribution in [0.15, 0.2) is 36.4 Å². The number of nitrogens with two attached hydrogens (primary N) is 1. The number of benzene rings is 2. The quantitative estimate of drug-likeness (QED) is 0.162. The summed E-state index contributed by atoms with van der Waals surface area (Å²) in [4.78, 5) is 10.4. The van der Waals surface area contributed by atoms with Crippen LogP contribution in [-0.4, -0.2) is 100 Å². The van der Waals surface area contributed by atoms with Crippen molar-refractivity contribution in [2.45, 2.75) is 11.2 Å². The van der Waals surface area contributed by atoms with Gasteiger partial charge in [-0.05, 0) is 45.1 Å². The van der Waals surface area contributed by atoms with Gasteiger partial charge >= 0.3 is 0 Å². The highest BCUT2D eigenvalue weighted by atomic mass is 16.6. The first-order valence-electron chi connectivity index (χ1n) is 12.4. The van der Waals surface area contributed by atoms with E-state index in [1.165, 1.54) is 37.1 Å². The topological polar surface area (TPSA) is 212 Å². The lowest BCUT2D eigenvalue weighted by atomic mass is 10.0. The summed E-state index contributed by atoms with van der Waals surface area (Å²) in [6.07, 6.45) is 0. The number of aromatic nitrogens is 8. The number of nitro groups is 1. The maximum atomic E-state index is 10.9. The van der Waals surface area contributed by atoms with Gasteiger partial charge in [-0.2, -0.15) is 9.36 Å². The zero-order valence-electron chi connectivity index (χ0n) is 23.2. The van der Waals surface area contributed by atoms with Gasteiger partial charge in [-0.1, -0.05) is 0 Å². The van der Waals surface area contributed by atoms with E-state index in [1.54, 1.807) is 37.1 Å². The summed E-state index contributed by atoms with van der Waals surface area (Å²) in [5, 5.41) is 34.2. The van der Waals surface area contributed by atoms with Gasteiger partial charge in [0.05, 0.1) is 31.4 Å². The molecule has 2 aromatic carbocycles. The molecule has 0 spiro atoms. The number of ether oxygens (including phenoxy) is 6. The van der Waals surface area contributed by atoms with Gasteiger partial charge in [0, 0.05) is 46.3 Å². The summed E-state index contributed by atoms with van der Waals surface area (Å²) >= 11 is 0. The Kier molecular flexibility index (Phi) is 7.94. The van der Waals surface area contributed by atoms with Crippen LogP contribution in [0.3, 0.4) is 0 Å². The highest BCUT2D eigenvalue weighted by molar-refractivity contribution is 5.58. The molecule has 2 N–H and O–H groups in total. The van der Waals surface area contributed by atoms with Crippen molar-refractivity contribution in [3.8, 4) is 22.9 Å². The molecule has 222 valence electrons. The first-order chi connectivity index (χ1) is 20.3. The van der Waals surface area contributed by atoms with Crippen molar-refractivity contribution in [2.75, 3.05) is 60.6 Å². The van der Waals surface area contributed by atoms with Crippen LogP contribution in [0, 0.1) is 10.1 Å². The van der Waals surface area contributed by atoms with E-state index in [-0.39, 0.29) is 32.1 Å². The van der Waals surface area contributed by atoms with E-state index in [0.29, 0.717) is 40.2 Å². The molecule has 4 heterocycles. The Morgan fingerprint density at radius 2 is 1.24 bits per heavy atom. The van der Waals surface area contributed by atoms with Gasteiger partial charge in [0.2, 0.25) is 22.9 Å². The van der Waals surface area contributed by atoms with Gasteiger partial charge < -0.3 is 34.2 Å². The molecule has 2 aliphatic heterocycles. The molecule has 0 aliphatic carbocycles. The third-order valence-electron chi connectivity index (χ3n) is 6.47. The second-order valence-corrected chi connectivity index (χ2v) is 9.39. The molecule has 6 rings (SSSR count). The zero-order valence-corrected chi connectivity index (χ0v) is 23.2. The van der Waals surface area contributed by atoms with Crippen LogP contribution in [0.5, 0.6) is 11.5 Å². The number of nitro benzene ring substituents is 1. The SMILES string of the molecule is COCC1(COC)Oc2ccc(N)cc2-n2nnnc21.COCC1(COC)Oc2ccc([N+](=O)[O-])cc2-n2nnnc21. The molecule has 42 heavy (non-hydrogen) atoms. The van der Waals surface area contributed by atoms with E-state index < -0.39 is 16.1 Å². The van der Waals surface area contributed by atoms with Crippen LogP contribution < -0.4 is 15.2 Å². The number of rotatable bonds is 9. The van der Waals surface area contributed by atoms with E-state index in [1.807, 2.05) is 0 Å². The van der Waals surface area contributed by atoms with Crippen molar-refractivity contribution in [3.05, 3.63) is 58.2 Å². The minimum absolute atomic E-state index is 0.0743. The number of tetrazole rings is 2. The molecular weight excluding hydrogens is 556 g/mol. The Bertz CT molecular complexity index is 1560. The number of hydrogen-bond donors (Lipinski definition) is 1. The molecule has 0 radical (unpaired) electrons.